The number of aliphatic hydroxyl groups is 1. The Kier molecular flexibility index (Phi) is 3.85. The van der Waals surface area contributed by atoms with Gasteiger partial charge in [0, 0.05) is 17.5 Å². The van der Waals surface area contributed by atoms with Crippen molar-refractivity contribution in [2.45, 2.75) is 50.2 Å². The van der Waals surface area contributed by atoms with Crippen molar-refractivity contribution in [3.05, 3.63) is 77.2 Å². The van der Waals surface area contributed by atoms with Gasteiger partial charge in [-0.05, 0) is 44.4 Å². The minimum Gasteiger partial charge on any atom is -0.444 e. The molecule has 1 N–H and O–H groups in total. The molecule has 2 atom stereocenters. The first-order valence-corrected chi connectivity index (χ1v) is 9.84. The molecule has 3 aromatic rings. The van der Waals surface area contributed by atoms with Gasteiger partial charge in [0.25, 0.3) is 0 Å². The zero-order valence-corrected chi connectivity index (χ0v) is 15.9. The number of rotatable bonds is 2. The summed E-state index contributed by atoms with van der Waals surface area (Å²) in [5, 5.41) is 16.4. The fourth-order valence-corrected chi connectivity index (χ4v) is 4.94. The molecule has 2 aliphatic rings. The van der Waals surface area contributed by atoms with E-state index in [2.05, 4.69) is 5.10 Å². The zero-order chi connectivity index (χ0) is 19.4. The molecule has 0 unspecified atom stereocenters. The van der Waals surface area contributed by atoms with Crippen LogP contribution in [0.3, 0.4) is 0 Å². The lowest BCUT2D eigenvalue weighted by molar-refractivity contribution is -0.223. The van der Waals surface area contributed by atoms with Gasteiger partial charge in [-0.15, -0.1) is 0 Å². The van der Waals surface area contributed by atoms with E-state index in [-0.39, 0.29) is 5.82 Å². The van der Waals surface area contributed by atoms with E-state index in [0.29, 0.717) is 30.7 Å². The number of ether oxygens (including phenoxy) is 1. The number of aromatic nitrogens is 2. The summed E-state index contributed by atoms with van der Waals surface area (Å²) < 4.78 is 23.0. The molecule has 5 rings (SSSR count). The number of benzene rings is 2. The van der Waals surface area contributed by atoms with Gasteiger partial charge < -0.3 is 9.84 Å². The number of hydrogen-bond acceptors (Lipinski definition) is 3. The minimum absolute atomic E-state index is 0.289. The van der Waals surface area contributed by atoms with Gasteiger partial charge in [-0.3, -0.25) is 0 Å². The van der Waals surface area contributed by atoms with Crippen LogP contribution in [-0.2, 0) is 11.8 Å². The van der Waals surface area contributed by atoms with E-state index in [0.717, 1.165) is 29.8 Å². The molecular formula is C23H23FN2O2. The topological polar surface area (TPSA) is 47.3 Å². The summed E-state index contributed by atoms with van der Waals surface area (Å²) in [4.78, 5) is 0. The largest absolute Gasteiger partial charge is 0.444 e. The average Bonchev–Trinajstić information content (AvgIpc) is 3.01. The molecular weight excluding hydrogens is 355 g/mol. The predicted octanol–water partition coefficient (Wildman–Crippen LogP) is 4.46. The van der Waals surface area contributed by atoms with Crippen molar-refractivity contribution in [3.63, 3.8) is 0 Å². The first-order chi connectivity index (χ1) is 13.5. The van der Waals surface area contributed by atoms with Gasteiger partial charge in [-0.1, -0.05) is 42.8 Å². The van der Waals surface area contributed by atoms with Gasteiger partial charge in [-0.25, -0.2) is 9.07 Å². The van der Waals surface area contributed by atoms with Gasteiger partial charge in [0.05, 0.1) is 16.8 Å². The van der Waals surface area contributed by atoms with E-state index in [4.69, 9.17) is 4.74 Å². The van der Waals surface area contributed by atoms with Crippen LogP contribution in [0.25, 0.3) is 5.69 Å². The lowest BCUT2D eigenvalue weighted by Gasteiger charge is -2.52. The van der Waals surface area contributed by atoms with E-state index >= 15 is 0 Å². The Bertz CT molecular complexity index is 1030. The molecule has 1 aliphatic carbocycles. The van der Waals surface area contributed by atoms with Crippen LogP contribution in [0.2, 0.25) is 0 Å². The molecule has 1 fully saturated rings. The maximum Gasteiger partial charge on any atom is 0.222 e. The molecule has 144 valence electrons. The molecule has 0 spiro atoms. The van der Waals surface area contributed by atoms with Crippen molar-refractivity contribution < 1.29 is 14.2 Å². The van der Waals surface area contributed by atoms with E-state index in [1.54, 1.807) is 16.8 Å². The van der Waals surface area contributed by atoms with Crippen LogP contribution >= 0.6 is 0 Å². The number of para-hydroxylation sites is 1. The Morgan fingerprint density at radius 2 is 1.75 bits per heavy atom. The molecule has 2 heterocycles. The molecule has 0 amide bonds. The molecule has 2 aromatic carbocycles. The summed E-state index contributed by atoms with van der Waals surface area (Å²) in [5.41, 5.74) is 2.40. The van der Waals surface area contributed by atoms with Gasteiger partial charge in [-0.2, -0.15) is 5.10 Å². The molecule has 28 heavy (non-hydrogen) atoms. The van der Waals surface area contributed by atoms with Crippen molar-refractivity contribution in [3.8, 4) is 11.6 Å². The first kappa shape index (κ1) is 17.4. The summed E-state index contributed by atoms with van der Waals surface area (Å²) in [6.45, 7) is 1.95. The lowest BCUT2D eigenvalue weighted by Crippen LogP contribution is -2.61. The fraction of sp³-hybridized carbons (Fsp3) is 0.348. The van der Waals surface area contributed by atoms with Crippen molar-refractivity contribution in [2.75, 3.05) is 0 Å². The van der Waals surface area contributed by atoms with Crippen molar-refractivity contribution in [1.82, 2.24) is 9.78 Å². The Balaban J connectivity index is 1.71. The van der Waals surface area contributed by atoms with Crippen LogP contribution in [0.15, 0.2) is 54.6 Å². The molecule has 1 aromatic heterocycles. The van der Waals surface area contributed by atoms with Gasteiger partial charge in [0.15, 0.2) is 0 Å². The first-order valence-electron chi connectivity index (χ1n) is 9.84. The number of nitrogens with zero attached hydrogens (tertiary/aromatic N) is 2. The second-order valence-corrected chi connectivity index (χ2v) is 7.95. The smallest absolute Gasteiger partial charge is 0.222 e. The van der Waals surface area contributed by atoms with Crippen LogP contribution in [0.5, 0.6) is 5.88 Å². The highest BCUT2D eigenvalue weighted by molar-refractivity contribution is 5.47. The molecule has 1 aliphatic heterocycles. The summed E-state index contributed by atoms with van der Waals surface area (Å²) in [6.07, 6.45) is 3.44. The third kappa shape index (κ3) is 2.35. The Morgan fingerprint density at radius 3 is 2.54 bits per heavy atom. The maximum absolute atomic E-state index is 14.9. The second-order valence-electron chi connectivity index (χ2n) is 7.95. The SMILES string of the molecule is Cc1nn(-c2ccccc2)c2c1C[C@@]1(c3ccccc3F)CCCC[C@]1(O)O2. The Hall–Kier alpha value is -2.66. The quantitative estimate of drug-likeness (QED) is 0.716. The van der Waals surface area contributed by atoms with Crippen LogP contribution in [0.4, 0.5) is 4.39 Å². The summed E-state index contributed by atoms with van der Waals surface area (Å²) >= 11 is 0. The van der Waals surface area contributed by atoms with Crippen LogP contribution < -0.4 is 4.74 Å². The van der Waals surface area contributed by atoms with E-state index in [1.807, 2.05) is 43.3 Å². The number of aryl methyl sites for hydroxylation is 1. The summed E-state index contributed by atoms with van der Waals surface area (Å²) in [7, 11) is 0. The van der Waals surface area contributed by atoms with Gasteiger partial charge in [0.2, 0.25) is 11.7 Å². The highest BCUT2D eigenvalue weighted by Gasteiger charge is 2.59. The highest BCUT2D eigenvalue weighted by Crippen LogP contribution is 2.54. The monoisotopic (exact) mass is 378 g/mol. The molecule has 0 bridgehead atoms. The van der Waals surface area contributed by atoms with E-state index in [9.17, 15) is 9.50 Å². The molecule has 0 saturated heterocycles. The minimum atomic E-state index is -1.46. The van der Waals surface area contributed by atoms with Gasteiger partial charge in [0.1, 0.15) is 5.82 Å². The standard InChI is InChI=1S/C23H23FN2O2/c1-16-18-15-22(19-11-5-6-12-20(19)24)13-7-8-14-23(22,27)28-21(18)26(25-16)17-9-3-2-4-10-17/h2-6,9-12,27H,7-8,13-15H2,1H3/t22-,23+/m1/s1. The fourth-order valence-electron chi connectivity index (χ4n) is 4.94. The number of hydrogen-bond donors (Lipinski definition) is 1. The Morgan fingerprint density at radius 1 is 1.04 bits per heavy atom. The molecule has 0 radical (unpaired) electrons. The molecule has 1 saturated carbocycles. The highest BCUT2D eigenvalue weighted by atomic mass is 19.1. The van der Waals surface area contributed by atoms with E-state index in [1.165, 1.54) is 6.07 Å². The Labute approximate surface area is 163 Å². The second kappa shape index (κ2) is 6.17. The molecule has 5 heteroatoms. The van der Waals surface area contributed by atoms with Crippen molar-refractivity contribution in [1.29, 1.82) is 0 Å². The summed E-state index contributed by atoms with van der Waals surface area (Å²) in [6, 6.07) is 16.5. The van der Waals surface area contributed by atoms with Crippen LogP contribution in [0, 0.1) is 12.7 Å². The third-order valence-electron chi connectivity index (χ3n) is 6.39. The van der Waals surface area contributed by atoms with Gasteiger partial charge >= 0.3 is 0 Å². The van der Waals surface area contributed by atoms with Crippen LogP contribution in [-0.4, -0.2) is 20.7 Å². The lowest BCUT2D eigenvalue weighted by atomic mass is 9.61. The van der Waals surface area contributed by atoms with E-state index < -0.39 is 11.2 Å². The zero-order valence-electron chi connectivity index (χ0n) is 15.9. The predicted molar refractivity (Wildman–Crippen MR) is 104 cm³/mol. The summed E-state index contributed by atoms with van der Waals surface area (Å²) in [5.74, 6) is -1.18. The number of fused-ring (bicyclic) bond motifs is 2. The molecule has 4 nitrogen and oxygen atoms in total. The van der Waals surface area contributed by atoms with Crippen molar-refractivity contribution in [2.24, 2.45) is 0 Å². The maximum atomic E-state index is 14.9. The average molecular weight is 378 g/mol. The van der Waals surface area contributed by atoms with Crippen molar-refractivity contribution >= 4 is 0 Å². The van der Waals surface area contributed by atoms with Crippen LogP contribution in [0.1, 0.15) is 42.5 Å². The third-order valence-corrected chi connectivity index (χ3v) is 6.39. The number of halogens is 1. The normalized spacial score (nSPS) is 26.2.